The fourth-order valence-electron chi connectivity index (χ4n) is 2.27. The van der Waals surface area contributed by atoms with Crippen LogP contribution in [0.3, 0.4) is 0 Å². The predicted octanol–water partition coefficient (Wildman–Crippen LogP) is 3.76. The Morgan fingerprint density at radius 2 is 1.62 bits per heavy atom. The Bertz CT molecular complexity index is 618. The molecular formula is C16H17F3N2. The molecule has 0 aliphatic carbocycles. The zero-order valence-corrected chi connectivity index (χ0v) is 11.9. The molecule has 1 atom stereocenters. The summed E-state index contributed by atoms with van der Waals surface area (Å²) < 4.78 is 42.1. The first kappa shape index (κ1) is 15.4. The summed E-state index contributed by atoms with van der Waals surface area (Å²) in [7, 11) is 1.42. The molecule has 2 aromatic carbocycles. The van der Waals surface area contributed by atoms with Crippen LogP contribution in [-0.2, 0) is 6.42 Å². The van der Waals surface area contributed by atoms with Gasteiger partial charge in [-0.2, -0.15) is 0 Å². The van der Waals surface area contributed by atoms with E-state index in [4.69, 9.17) is 5.73 Å². The van der Waals surface area contributed by atoms with Crippen LogP contribution in [0.2, 0.25) is 0 Å². The second-order valence-electron chi connectivity index (χ2n) is 5.10. The third-order valence-corrected chi connectivity index (χ3v) is 3.18. The lowest BCUT2D eigenvalue weighted by Gasteiger charge is -2.22. The first-order valence-electron chi connectivity index (χ1n) is 6.62. The number of halogens is 3. The number of rotatable bonds is 4. The molecule has 0 bridgehead atoms. The first-order chi connectivity index (χ1) is 9.90. The maximum absolute atomic E-state index is 14.2. The van der Waals surface area contributed by atoms with Crippen LogP contribution in [0.25, 0.3) is 0 Å². The molecule has 0 aliphatic heterocycles. The average Bonchev–Trinajstić information content (AvgIpc) is 2.37. The van der Waals surface area contributed by atoms with Gasteiger partial charge in [0.1, 0.15) is 23.1 Å². The summed E-state index contributed by atoms with van der Waals surface area (Å²) in [6, 6.07) is 8.10. The van der Waals surface area contributed by atoms with E-state index in [1.807, 2.05) is 0 Å². The number of hydrogen-bond donors (Lipinski definition) is 1. The molecule has 0 aromatic heterocycles. The van der Waals surface area contributed by atoms with Crippen molar-refractivity contribution in [1.82, 2.24) is 0 Å². The summed E-state index contributed by atoms with van der Waals surface area (Å²) in [5.41, 5.74) is 5.93. The maximum atomic E-state index is 14.2. The van der Waals surface area contributed by atoms with E-state index in [1.165, 1.54) is 37.4 Å². The number of nitrogens with two attached hydrogens (primary N) is 1. The molecule has 0 radical (unpaired) electrons. The van der Waals surface area contributed by atoms with Crippen molar-refractivity contribution in [3.8, 4) is 0 Å². The first-order valence-corrected chi connectivity index (χ1v) is 6.62. The molecule has 0 saturated heterocycles. The Balaban J connectivity index is 2.42. The van der Waals surface area contributed by atoms with E-state index in [9.17, 15) is 13.2 Å². The molecule has 0 saturated carbocycles. The quantitative estimate of drug-likeness (QED) is 0.930. The highest BCUT2D eigenvalue weighted by Crippen LogP contribution is 2.31. The van der Waals surface area contributed by atoms with E-state index in [1.54, 1.807) is 13.0 Å². The van der Waals surface area contributed by atoms with E-state index in [2.05, 4.69) is 0 Å². The SMILES string of the molecule is CC(N)Cc1cc(F)c(N(C)c2ccccc2F)c(F)c1. The molecule has 2 N–H and O–H groups in total. The van der Waals surface area contributed by atoms with Gasteiger partial charge >= 0.3 is 0 Å². The monoisotopic (exact) mass is 294 g/mol. The van der Waals surface area contributed by atoms with Gasteiger partial charge in [-0.25, -0.2) is 13.2 Å². The predicted molar refractivity (Wildman–Crippen MR) is 78.2 cm³/mol. The second kappa shape index (κ2) is 6.18. The smallest absolute Gasteiger partial charge is 0.150 e. The van der Waals surface area contributed by atoms with E-state index in [0.717, 1.165) is 4.90 Å². The number of anilines is 2. The summed E-state index contributed by atoms with van der Waals surface area (Å²) >= 11 is 0. The highest BCUT2D eigenvalue weighted by atomic mass is 19.1. The van der Waals surface area contributed by atoms with E-state index in [0.29, 0.717) is 12.0 Å². The summed E-state index contributed by atoms with van der Waals surface area (Å²) in [5, 5.41) is 0. The molecule has 5 heteroatoms. The van der Waals surface area contributed by atoms with Gasteiger partial charge in [0.25, 0.3) is 0 Å². The molecule has 0 aliphatic rings. The molecule has 2 rings (SSSR count). The largest absolute Gasteiger partial charge is 0.337 e. The van der Waals surface area contributed by atoms with Gasteiger partial charge in [-0.3, -0.25) is 0 Å². The van der Waals surface area contributed by atoms with Crippen molar-refractivity contribution >= 4 is 11.4 Å². The van der Waals surface area contributed by atoms with Gasteiger partial charge in [-0.15, -0.1) is 0 Å². The molecule has 0 amide bonds. The standard InChI is InChI=1S/C16H17F3N2/c1-10(20)7-11-8-13(18)16(14(19)9-11)21(2)15-6-4-3-5-12(15)17/h3-6,8-10H,7,20H2,1-2H3. The lowest BCUT2D eigenvalue weighted by atomic mass is 10.1. The van der Waals surface area contributed by atoms with Gasteiger partial charge in [0.15, 0.2) is 0 Å². The number of para-hydroxylation sites is 1. The van der Waals surface area contributed by atoms with Crippen molar-refractivity contribution in [3.05, 3.63) is 59.4 Å². The van der Waals surface area contributed by atoms with Crippen LogP contribution in [0.4, 0.5) is 24.5 Å². The lowest BCUT2D eigenvalue weighted by Crippen LogP contribution is -2.19. The number of nitrogens with zero attached hydrogens (tertiary/aromatic N) is 1. The van der Waals surface area contributed by atoms with Crippen LogP contribution in [0.15, 0.2) is 36.4 Å². The van der Waals surface area contributed by atoms with Gasteiger partial charge < -0.3 is 10.6 Å². The third kappa shape index (κ3) is 3.36. The van der Waals surface area contributed by atoms with Crippen LogP contribution in [0.5, 0.6) is 0 Å². The Kier molecular flexibility index (Phi) is 4.53. The van der Waals surface area contributed by atoms with Gasteiger partial charge in [0.2, 0.25) is 0 Å². The maximum Gasteiger partial charge on any atom is 0.150 e. The van der Waals surface area contributed by atoms with Gasteiger partial charge in [0, 0.05) is 13.1 Å². The van der Waals surface area contributed by atoms with Crippen molar-refractivity contribution in [2.75, 3.05) is 11.9 Å². The van der Waals surface area contributed by atoms with Gasteiger partial charge in [0.05, 0.1) is 5.69 Å². The van der Waals surface area contributed by atoms with Crippen LogP contribution in [0.1, 0.15) is 12.5 Å². The minimum Gasteiger partial charge on any atom is -0.337 e. The zero-order valence-electron chi connectivity index (χ0n) is 11.9. The molecule has 0 spiro atoms. The number of benzene rings is 2. The highest BCUT2D eigenvalue weighted by molar-refractivity contribution is 5.64. The topological polar surface area (TPSA) is 29.3 Å². The van der Waals surface area contributed by atoms with E-state index in [-0.39, 0.29) is 17.4 Å². The fourth-order valence-corrected chi connectivity index (χ4v) is 2.27. The van der Waals surface area contributed by atoms with E-state index < -0.39 is 17.5 Å². The molecule has 112 valence electrons. The zero-order chi connectivity index (χ0) is 15.6. The second-order valence-corrected chi connectivity index (χ2v) is 5.10. The van der Waals surface area contributed by atoms with Crippen molar-refractivity contribution in [2.45, 2.75) is 19.4 Å². The molecule has 2 nitrogen and oxygen atoms in total. The molecular weight excluding hydrogens is 277 g/mol. The third-order valence-electron chi connectivity index (χ3n) is 3.18. The summed E-state index contributed by atoms with van der Waals surface area (Å²) in [4.78, 5) is 1.16. The molecule has 21 heavy (non-hydrogen) atoms. The van der Waals surface area contributed by atoms with Gasteiger partial charge in [-0.1, -0.05) is 12.1 Å². The summed E-state index contributed by atoms with van der Waals surface area (Å²) in [6.07, 6.45) is 0.373. The van der Waals surface area contributed by atoms with Crippen LogP contribution < -0.4 is 10.6 Å². The average molecular weight is 294 g/mol. The summed E-state index contributed by atoms with van der Waals surface area (Å²) in [5.74, 6) is -2.02. The van der Waals surface area contributed by atoms with Crippen LogP contribution in [-0.4, -0.2) is 13.1 Å². The molecule has 1 unspecified atom stereocenters. The normalized spacial score (nSPS) is 12.3. The van der Waals surface area contributed by atoms with Crippen LogP contribution >= 0.6 is 0 Å². The Morgan fingerprint density at radius 1 is 1.05 bits per heavy atom. The molecule has 2 aromatic rings. The Hall–Kier alpha value is -2.01. The minimum absolute atomic E-state index is 0.107. The lowest BCUT2D eigenvalue weighted by molar-refractivity contribution is 0.575. The fraction of sp³-hybridized carbons (Fsp3) is 0.250. The Labute approximate surface area is 122 Å². The molecule has 0 heterocycles. The highest BCUT2D eigenvalue weighted by Gasteiger charge is 2.18. The van der Waals surface area contributed by atoms with Crippen LogP contribution in [0, 0.1) is 17.5 Å². The Morgan fingerprint density at radius 3 is 2.14 bits per heavy atom. The molecule has 0 fully saturated rings. The summed E-state index contributed by atoms with van der Waals surface area (Å²) in [6.45, 7) is 1.76. The van der Waals surface area contributed by atoms with Crippen molar-refractivity contribution in [2.24, 2.45) is 5.73 Å². The number of hydrogen-bond acceptors (Lipinski definition) is 2. The van der Waals surface area contributed by atoms with Crippen molar-refractivity contribution < 1.29 is 13.2 Å². The van der Waals surface area contributed by atoms with E-state index >= 15 is 0 Å². The van der Waals surface area contributed by atoms with Crippen molar-refractivity contribution in [1.29, 1.82) is 0 Å². The minimum atomic E-state index is -0.739. The van der Waals surface area contributed by atoms with Crippen molar-refractivity contribution in [3.63, 3.8) is 0 Å². The van der Waals surface area contributed by atoms with Gasteiger partial charge in [-0.05, 0) is 43.2 Å².